The molecule has 0 radical (unpaired) electrons. The van der Waals surface area contributed by atoms with Crippen LogP contribution in [0.1, 0.15) is 68.0 Å². The van der Waals surface area contributed by atoms with Crippen molar-refractivity contribution < 1.29 is 9.90 Å². The van der Waals surface area contributed by atoms with Crippen LogP contribution in [-0.4, -0.2) is 41.7 Å². The molecule has 146 valence electrons. The summed E-state index contributed by atoms with van der Waals surface area (Å²) in [4.78, 5) is 15.4. The maximum absolute atomic E-state index is 12.7. The van der Waals surface area contributed by atoms with Gasteiger partial charge >= 0.3 is 0 Å². The minimum atomic E-state index is -0.276. The minimum absolute atomic E-state index is 0.00552. The Labute approximate surface area is 162 Å². The largest absolute Gasteiger partial charge is 0.393 e. The summed E-state index contributed by atoms with van der Waals surface area (Å²) in [6.07, 6.45) is 7.99. The first-order chi connectivity index (χ1) is 13.2. The second-order valence-corrected chi connectivity index (χ2v) is 9.43. The molecule has 0 unspecified atom stereocenters. The Morgan fingerprint density at radius 2 is 1.81 bits per heavy atom. The van der Waals surface area contributed by atoms with Gasteiger partial charge in [-0.05, 0) is 42.7 Å². The van der Waals surface area contributed by atoms with Gasteiger partial charge in [-0.25, -0.2) is 0 Å². The first kappa shape index (κ1) is 17.7. The summed E-state index contributed by atoms with van der Waals surface area (Å²) in [7, 11) is 0. The van der Waals surface area contributed by atoms with Gasteiger partial charge in [-0.3, -0.25) is 4.79 Å². The number of aliphatic hydroxyl groups is 1. The lowest BCUT2D eigenvalue weighted by Crippen LogP contribution is -2.43. The van der Waals surface area contributed by atoms with Crippen molar-refractivity contribution in [2.24, 2.45) is 17.8 Å². The molecule has 4 nitrogen and oxygen atoms in total. The van der Waals surface area contributed by atoms with E-state index in [1.165, 1.54) is 49.8 Å². The van der Waals surface area contributed by atoms with Crippen molar-refractivity contribution >= 4 is 5.91 Å². The van der Waals surface area contributed by atoms with Crippen LogP contribution in [0.5, 0.6) is 0 Å². The molecule has 2 saturated carbocycles. The van der Waals surface area contributed by atoms with Crippen LogP contribution in [0.4, 0.5) is 0 Å². The Kier molecular flexibility index (Phi) is 4.73. The molecule has 1 heterocycles. The van der Waals surface area contributed by atoms with E-state index in [2.05, 4.69) is 34.5 Å². The molecule has 0 bridgehead atoms. The number of benzene rings is 1. The Balaban J connectivity index is 1.30. The normalized spacial score (nSPS) is 36.1. The Morgan fingerprint density at radius 3 is 2.56 bits per heavy atom. The van der Waals surface area contributed by atoms with Crippen LogP contribution in [-0.2, 0) is 4.79 Å². The highest BCUT2D eigenvalue weighted by Crippen LogP contribution is 2.49. The summed E-state index contributed by atoms with van der Waals surface area (Å²) in [5.74, 6) is 2.08. The summed E-state index contributed by atoms with van der Waals surface area (Å²) < 4.78 is 0. The summed E-state index contributed by atoms with van der Waals surface area (Å²) in [6, 6.07) is 8.88. The Bertz CT molecular complexity index is 693. The van der Waals surface area contributed by atoms with Crippen molar-refractivity contribution in [3.63, 3.8) is 0 Å². The number of nitrogens with zero attached hydrogens (tertiary/aromatic N) is 1. The number of aliphatic hydroxyl groups excluding tert-OH is 1. The van der Waals surface area contributed by atoms with Gasteiger partial charge in [0, 0.05) is 37.4 Å². The third-order valence-electron chi connectivity index (χ3n) is 7.62. The first-order valence-corrected chi connectivity index (χ1v) is 11.0. The van der Waals surface area contributed by atoms with Crippen LogP contribution in [0.25, 0.3) is 0 Å². The van der Waals surface area contributed by atoms with E-state index in [-0.39, 0.29) is 24.0 Å². The zero-order chi connectivity index (χ0) is 18.4. The summed E-state index contributed by atoms with van der Waals surface area (Å²) in [5.41, 5.74) is 2.78. The van der Waals surface area contributed by atoms with Crippen molar-refractivity contribution in [2.45, 2.75) is 63.0 Å². The average molecular weight is 369 g/mol. The van der Waals surface area contributed by atoms with Crippen molar-refractivity contribution in [3.05, 3.63) is 35.4 Å². The third-order valence-corrected chi connectivity index (χ3v) is 7.62. The van der Waals surface area contributed by atoms with Gasteiger partial charge in [0.15, 0.2) is 0 Å². The minimum Gasteiger partial charge on any atom is -0.393 e. The topological polar surface area (TPSA) is 52.6 Å². The van der Waals surface area contributed by atoms with Gasteiger partial charge in [0.1, 0.15) is 0 Å². The molecular formula is C23H32N2O2. The zero-order valence-electron chi connectivity index (χ0n) is 16.1. The number of carbonyl (C=O) groups is 1. The molecule has 1 aromatic carbocycles. The number of amides is 1. The number of fused-ring (bicyclic) bond motifs is 3. The maximum atomic E-state index is 12.7. The number of carbonyl (C=O) groups excluding carboxylic acids is 1. The van der Waals surface area contributed by atoms with Gasteiger partial charge in [0.05, 0.1) is 12.1 Å². The van der Waals surface area contributed by atoms with Gasteiger partial charge in [-0.1, -0.05) is 43.5 Å². The predicted octanol–water partition coefficient (Wildman–Crippen LogP) is 3.22. The lowest BCUT2D eigenvalue weighted by atomic mass is 9.81. The van der Waals surface area contributed by atoms with E-state index >= 15 is 0 Å². The molecule has 1 aliphatic heterocycles. The number of likely N-dealkylation sites (tertiary alicyclic amines) is 1. The number of hydrogen-bond donors (Lipinski definition) is 2. The second-order valence-electron chi connectivity index (χ2n) is 9.43. The molecule has 4 aliphatic rings. The molecule has 1 amide bonds. The molecule has 0 spiro atoms. The molecule has 27 heavy (non-hydrogen) atoms. The van der Waals surface area contributed by atoms with Crippen LogP contribution in [0, 0.1) is 17.8 Å². The number of rotatable bonds is 4. The van der Waals surface area contributed by atoms with Crippen molar-refractivity contribution in [1.82, 2.24) is 10.2 Å². The van der Waals surface area contributed by atoms with Crippen LogP contribution in [0.15, 0.2) is 24.3 Å². The maximum Gasteiger partial charge on any atom is 0.223 e. The molecule has 0 aromatic heterocycles. The smallest absolute Gasteiger partial charge is 0.223 e. The van der Waals surface area contributed by atoms with Crippen molar-refractivity contribution in [1.29, 1.82) is 0 Å². The van der Waals surface area contributed by atoms with Gasteiger partial charge < -0.3 is 15.3 Å². The van der Waals surface area contributed by atoms with E-state index in [0.29, 0.717) is 24.7 Å². The molecule has 4 heteroatoms. The Hall–Kier alpha value is -1.39. The highest BCUT2D eigenvalue weighted by atomic mass is 16.3. The standard InChI is InChI=1S/C23H32N2O2/c26-17-10-16(11-17)23(27)24-22-19-9-5-4-8-18(19)20-13-25(14-21(20)22)12-15-6-2-1-3-7-15/h4-5,8-9,15-17,20-22,26H,1-3,6-7,10-14H2,(H,24,27)/t16?,17?,20-,21-,22+/m0/s1. The third kappa shape index (κ3) is 3.31. The fourth-order valence-electron chi connectivity index (χ4n) is 6.08. The molecule has 5 rings (SSSR count). The van der Waals surface area contributed by atoms with E-state index in [4.69, 9.17) is 0 Å². The van der Waals surface area contributed by atoms with E-state index in [0.717, 1.165) is 19.0 Å². The van der Waals surface area contributed by atoms with Crippen LogP contribution >= 0.6 is 0 Å². The molecular weight excluding hydrogens is 336 g/mol. The molecule has 1 saturated heterocycles. The molecule has 1 aromatic rings. The molecule has 3 fully saturated rings. The number of hydrogen-bond acceptors (Lipinski definition) is 3. The van der Waals surface area contributed by atoms with E-state index in [9.17, 15) is 9.90 Å². The lowest BCUT2D eigenvalue weighted by Gasteiger charge is -2.32. The van der Waals surface area contributed by atoms with Crippen LogP contribution < -0.4 is 5.32 Å². The predicted molar refractivity (Wildman–Crippen MR) is 105 cm³/mol. The fraction of sp³-hybridized carbons (Fsp3) is 0.696. The van der Waals surface area contributed by atoms with Crippen molar-refractivity contribution in [3.8, 4) is 0 Å². The summed E-state index contributed by atoms with van der Waals surface area (Å²) >= 11 is 0. The molecule has 3 atom stereocenters. The van der Waals surface area contributed by atoms with Gasteiger partial charge in [0.25, 0.3) is 0 Å². The molecule has 3 aliphatic carbocycles. The summed E-state index contributed by atoms with van der Waals surface area (Å²) in [5, 5.41) is 12.9. The quantitative estimate of drug-likeness (QED) is 0.858. The first-order valence-electron chi connectivity index (χ1n) is 11.0. The van der Waals surface area contributed by atoms with Crippen LogP contribution in [0.3, 0.4) is 0 Å². The van der Waals surface area contributed by atoms with E-state index in [1.807, 2.05) is 0 Å². The highest BCUT2D eigenvalue weighted by molar-refractivity contribution is 5.80. The average Bonchev–Trinajstić information content (AvgIpc) is 3.18. The highest BCUT2D eigenvalue weighted by Gasteiger charge is 2.47. The zero-order valence-corrected chi connectivity index (χ0v) is 16.1. The number of nitrogens with one attached hydrogen (secondary N) is 1. The fourth-order valence-corrected chi connectivity index (χ4v) is 6.08. The SMILES string of the molecule is O=C(N[C@@H]1c2ccccc2[C@@H]2CN(CC3CCCCC3)C[C@H]12)C1CC(O)C1. The van der Waals surface area contributed by atoms with E-state index in [1.54, 1.807) is 0 Å². The van der Waals surface area contributed by atoms with Gasteiger partial charge in [0.2, 0.25) is 5.91 Å². The summed E-state index contributed by atoms with van der Waals surface area (Å²) in [6.45, 7) is 3.49. The van der Waals surface area contributed by atoms with Crippen molar-refractivity contribution in [2.75, 3.05) is 19.6 Å². The van der Waals surface area contributed by atoms with E-state index < -0.39 is 0 Å². The van der Waals surface area contributed by atoms with Crippen LogP contribution in [0.2, 0.25) is 0 Å². The lowest BCUT2D eigenvalue weighted by molar-refractivity contribution is -0.132. The van der Waals surface area contributed by atoms with Gasteiger partial charge in [-0.15, -0.1) is 0 Å². The second kappa shape index (κ2) is 7.21. The van der Waals surface area contributed by atoms with Gasteiger partial charge in [-0.2, -0.15) is 0 Å². The molecule has 2 N–H and O–H groups in total. The Morgan fingerprint density at radius 1 is 1.07 bits per heavy atom. The monoisotopic (exact) mass is 368 g/mol.